The first-order valence-corrected chi connectivity index (χ1v) is 11.1. The highest BCUT2D eigenvalue weighted by atomic mass is 16.1. The van der Waals surface area contributed by atoms with E-state index in [0.29, 0.717) is 18.4 Å². The van der Waals surface area contributed by atoms with Crippen molar-refractivity contribution in [2.45, 2.75) is 63.5 Å². The van der Waals surface area contributed by atoms with Crippen LogP contribution in [0.15, 0.2) is 35.3 Å². The summed E-state index contributed by atoms with van der Waals surface area (Å²) in [4.78, 5) is 18.2. The summed E-state index contributed by atoms with van der Waals surface area (Å²) in [7, 11) is 1.85. The fraction of sp³-hybridized carbons (Fsp3) is 0.652. The Morgan fingerprint density at radius 3 is 2.66 bits per heavy atom. The molecule has 160 valence electrons. The number of amides is 1. The van der Waals surface area contributed by atoms with E-state index in [-0.39, 0.29) is 11.4 Å². The number of guanidine groups is 1. The van der Waals surface area contributed by atoms with Gasteiger partial charge in [-0.05, 0) is 44.1 Å². The minimum atomic E-state index is -0.205. The molecule has 0 radical (unpaired) electrons. The third-order valence-electron chi connectivity index (χ3n) is 6.49. The van der Waals surface area contributed by atoms with Gasteiger partial charge in [-0.25, -0.2) is 0 Å². The van der Waals surface area contributed by atoms with Crippen molar-refractivity contribution in [2.24, 2.45) is 16.6 Å². The predicted molar refractivity (Wildman–Crippen MR) is 119 cm³/mol. The van der Waals surface area contributed by atoms with Gasteiger partial charge in [-0.1, -0.05) is 43.2 Å². The van der Waals surface area contributed by atoms with Crippen molar-refractivity contribution in [1.29, 1.82) is 0 Å². The molecule has 0 bridgehead atoms. The molecule has 2 fully saturated rings. The number of nitrogens with zero attached hydrogens (tertiary/aromatic N) is 2. The zero-order chi connectivity index (χ0) is 20.7. The van der Waals surface area contributed by atoms with E-state index in [1.54, 1.807) is 0 Å². The zero-order valence-corrected chi connectivity index (χ0v) is 18.0. The minimum Gasteiger partial charge on any atom is -0.370 e. The number of nitrogens with two attached hydrogens (primary N) is 1. The molecular weight excluding hydrogens is 362 g/mol. The van der Waals surface area contributed by atoms with Crippen molar-refractivity contribution in [3.8, 4) is 0 Å². The van der Waals surface area contributed by atoms with Crippen LogP contribution in [0.3, 0.4) is 0 Å². The van der Waals surface area contributed by atoms with Crippen LogP contribution in [0, 0.1) is 5.92 Å². The van der Waals surface area contributed by atoms with Gasteiger partial charge in [-0.2, -0.15) is 0 Å². The molecule has 1 heterocycles. The molecule has 1 aliphatic heterocycles. The molecule has 2 atom stereocenters. The second-order valence-corrected chi connectivity index (χ2v) is 8.79. The fourth-order valence-corrected chi connectivity index (χ4v) is 5.00. The van der Waals surface area contributed by atoms with Gasteiger partial charge in [0.25, 0.3) is 0 Å². The molecule has 3 rings (SSSR count). The lowest BCUT2D eigenvalue weighted by Crippen LogP contribution is -2.55. The van der Waals surface area contributed by atoms with Crippen molar-refractivity contribution >= 4 is 11.9 Å². The summed E-state index contributed by atoms with van der Waals surface area (Å²) in [6.45, 7) is 4.95. The molecule has 29 heavy (non-hydrogen) atoms. The average Bonchev–Trinajstić information content (AvgIpc) is 3.17. The summed E-state index contributed by atoms with van der Waals surface area (Å²) < 4.78 is 0. The molecule has 1 saturated carbocycles. The highest BCUT2D eigenvalue weighted by Gasteiger charge is 2.35. The number of benzene rings is 1. The van der Waals surface area contributed by atoms with Crippen LogP contribution in [0.4, 0.5) is 0 Å². The van der Waals surface area contributed by atoms with Gasteiger partial charge in [-0.15, -0.1) is 0 Å². The van der Waals surface area contributed by atoms with Crippen LogP contribution >= 0.6 is 0 Å². The molecule has 1 aromatic carbocycles. The molecule has 1 aromatic rings. The summed E-state index contributed by atoms with van der Waals surface area (Å²) in [5.74, 6) is 1.07. The van der Waals surface area contributed by atoms with E-state index in [2.05, 4.69) is 57.8 Å². The normalized spacial score (nSPS) is 23.0. The van der Waals surface area contributed by atoms with Crippen LogP contribution in [0.2, 0.25) is 0 Å². The van der Waals surface area contributed by atoms with Gasteiger partial charge in [-0.3, -0.25) is 9.79 Å². The molecule has 0 aromatic heterocycles. The van der Waals surface area contributed by atoms with Crippen molar-refractivity contribution in [3.63, 3.8) is 0 Å². The molecule has 4 N–H and O–H groups in total. The lowest BCUT2D eigenvalue weighted by atomic mass is 9.94. The summed E-state index contributed by atoms with van der Waals surface area (Å²) in [5.41, 5.74) is 6.84. The highest BCUT2D eigenvalue weighted by molar-refractivity contribution is 5.80. The number of rotatable bonds is 7. The van der Waals surface area contributed by atoms with E-state index < -0.39 is 0 Å². The van der Waals surface area contributed by atoms with Gasteiger partial charge in [0.2, 0.25) is 5.91 Å². The summed E-state index contributed by atoms with van der Waals surface area (Å²) >= 11 is 0. The van der Waals surface area contributed by atoms with Crippen LogP contribution in [-0.2, 0) is 4.79 Å². The molecule has 1 saturated heterocycles. The maximum absolute atomic E-state index is 11.3. The second kappa shape index (κ2) is 10.1. The first-order valence-electron chi connectivity index (χ1n) is 11.1. The van der Waals surface area contributed by atoms with Crippen LogP contribution in [0.1, 0.15) is 63.5 Å². The SMILES string of the molecule is CN=C(NCC1(NC(C)c2ccccc2)CCCC1)N1CCCC(CC(N)=O)C1. The number of aliphatic imine (C=N–C) groups is 1. The minimum absolute atomic E-state index is 0.0909. The molecule has 6 nitrogen and oxygen atoms in total. The van der Waals surface area contributed by atoms with Crippen molar-refractivity contribution in [1.82, 2.24) is 15.5 Å². The molecule has 1 amide bonds. The van der Waals surface area contributed by atoms with Crippen LogP contribution in [0.5, 0.6) is 0 Å². The molecule has 0 spiro atoms. The van der Waals surface area contributed by atoms with Gasteiger partial charge in [0.1, 0.15) is 0 Å². The summed E-state index contributed by atoms with van der Waals surface area (Å²) in [6, 6.07) is 11.0. The molecule has 1 aliphatic carbocycles. The molecule has 6 heteroatoms. The lowest BCUT2D eigenvalue weighted by Gasteiger charge is -2.38. The van der Waals surface area contributed by atoms with Gasteiger partial charge in [0.15, 0.2) is 5.96 Å². The standard InChI is InChI=1S/C23H37N5O/c1-18(20-10-4-3-5-11-20)27-23(12-6-7-13-23)17-26-22(25-2)28-14-8-9-19(16-28)15-21(24)29/h3-5,10-11,18-19,27H,6-9,12-17H2,1-2H3,(H2,24,29)(H,25,26). The highest BCUT2D eigenvalue weighted by Crippen LogP contribution is 2.32. The van der Waals surface area contributed by atoms with Crippen molar-refractivity contribution in [2.75, 3.05) is 26.7 Å². The van der Waals surface area contributed by atoms with Gasteiger partial charge < -0.3 is 21.3 Å². The third-order valence-corrected chi connectivity index (χ3v) is 6.49. The maximum Gasteiger partial charge on any atom is 0.217 e. The number of carbonyl (C=O) groups is 1. The molecule has 2 unspecified atom stereocenters. The van der Waals surface area contributed by atoms with Crippen LogP contribution in [0.25, 0.3) is 0 Å². The van der Waals surface area contributed by atoms with Crippen LogP contribution < -0.4 is 16.4 Å². The summed E-state index contributed by atoms with van der Waals surface area (Å²) in [5, 5.41) is 7.58. The van der Waals surface area contributed by atoms with E-state index in [9.17, 15) is 4.79 Å². The summed E-state index contributed by atoms with van der Waals surface area (Å²) in [6.07, 6.45) is 7.49. The topological polar surface area (TPSA) is 82.8 Å². The number of piperidine rings is 1. The smallest absolute Gasteiger partial charge is 0.217 e. The van der Waals surface area contributed by atoms with Gasteiger partial charge in [0, 0.05) is 44.7 Å². The first kappa shape index (κ1) is 21.6. The van der Waals surface area contributed by atoms with E-state index >= 15 is 0 Å². The number of primary amides is 1. The van der Waals surface area contributed by atoms with Gasteiger partial charge in [0.05, 0.1) is 0 Å². The Bertz CT molecular complexity index is 684. The average molecular weight is 400 g/mol. The van der Waals surface area contributed by atoms with E-state index in [4.69, 9.17) is 5.73 Å². The fourth-order valence-electron chi connectivity index (χ4n) is 5.00. The van der Waals surface area contributed by atoms with Gasteiger partial charge >= 0.3 is 0 Å². The number of likely N-dealkylation sites (tertiary alicyclic amines) is 1. The monoisotopic (exact) mass is 399 g/mol. The third kappa shape index (κ3) is 5.95. The van der Waals surface area contributed by atoms with E-state index in [1.165, 1.54) is 31.2 Å². The van der Waals surface area contributed by atoms with Crippen molar-refractivity contribution < 1.29 is 4.79 Å². The number of carbonyl (C=O) groups excluding carboxylic acids is 1. The molecule has 2 aliphatic rings. The zero-order valence-electron chi connectivity index (χ0n) is 18.0. The van der Waals surface area contributed by atoms with E-state index in [1.807, 2.05) is 7.05 Å². The van der Waals surface area contributed by atoms with Crippen LogP contribution in [-0.4, -0.2) is 49.0 Å². The number of nitrogens with one attached hydrogen (secondary N) is 2. The quantitative estimate of drug-likeness (QED) is 0.486. The Kier molecular flexibility index (Phi) is 7.53. The maximum atomic E-state index is 11.3. The van der Waals surface area contributed by atoms with Crippen molar-refractivity contribution in [3.05, 3.63) is 35.9 Å². The Balaban J connectivity index is 1.60. The Morgan fingerprint density at radius 2 is 2.00 bits per heavy atom. The number of hydrogen-bond acceptors (Lipinski definition) is 3. The largest absolute Gasteiger partial charge is 0.370 e. The number of hydrogen-bond donors (Lipinski definition) is 3. The lowest BCUT2D eigenvalue weighted by molar-refractivity contribution is -0.119. The molecular formula is C23H37N5O. The first-order chi connectivity index (χ1) is 14.0. The Morgan fingerprint density at radius 1 is 1.28 bits per heavy atom. The van der Waals surface area contributed by atoms with E-state index in [0.717, 1.165) is 38.4 Å². The Hall–Kier alpha value is -2.08. The predicted octanol–water partition coefficient (Wildman–Crippen LogP) is 2.81. The Labute approximate surface area is 175 Å². The second-order valence-electron chi connectivity index (χ2n) is 8.79.